The summed E-state index contributed by atoms with van der Waals surface area (Å²) in [6, 6.07) is 8.27. The van der Waals surface area contributed by atoms with Gasteiger partial charge in [0.2, 0.25) is 0 Å². The molecule has 4 heteroatoms. The maximum atomic E-state index is 5.95. The first-order valence-corrected chi connectivity index (χ1v) is 6.53. The van der Waals surface area contributed by atoms with E-state index in [9.17, 15) is 0 Å². The summed E-state index contributed by atoms with van der Waals surface area (Å²) in [4.78, 5) is 2.32. The van der Waals surface area contributed by atoms with Gasteiger partial charge < -0.3 is 15.2 Å². The lowest BCUT2D eigenvalue weighted by Gasteiger charge is -2.33. The van der Waals surface area contributed by atoms with Gasteiger partial charge in [0.1, 0.15) is 12.7 Å². The Balaban J connectivity index is 1.96. The SMILES string of the molecule is CC(C)N(CCN)C[C@H]1COc2ccccc2O1. The molecule has 4 nitrogen and oxygen atoms in total. The molecule has 2 rings (SSSR count). The molecule has 0 saturated carbocycles. The highest BCUT2D eigenvalue weighted by Crippen LogP contribution is 2.31. The van der Waals surface area contributed by atoms with Crippen molar-refractivity contribution in [1.29, 1.82) is 0 Å². The Hall–Kier alpha value is -1.26. The van der Waals surface area contributed by atoms with Crippen molar-refractivity contribution in [3.8, 4) is 11.5 Å². The largest absolute Gasteiger partial charge is 0.486 e. The second-order valence-corrected chi connectivity index (χ2v) is 4.87. The Labute approximate surface area is 109 Å². The average molecular weight is 250 g/mol. The Morgan fingerprint density at radius 3 is 2.72 bits per heavy atom. The molecule has 1 aliphatic heterocycles. The van der Waals surface area contributed by atoms with Gasteiger partial charge in [-0.05, 0) is 26.0 Å². The second kappa shape index (κ2) is 6.07. The summed E-state index contributed by atoms with van der Waals surface area (Å²) in [7, 11) is 0. The van der Waals surface area contributed by atoms with Crippen LogP contribution in [0.4, 0.5) is 0 Å². The topological polar surface area (TPSA) is 47.7 Å². The molecule has 0 saturated heterocycles. The van der Waals surface area contributed by atoms with E-state index in [2.05, 4.69) is 18.7 Å². The number of nitrogens with two attached hydrogens (primary N) is 1. The number of hydrogen-bond acceptors (Lipinski definition) is 4. The Morgan fingerprint density at radius 1 is 1.33 bits per heavy atom. The molecule has 1 aromatic carbocycles. The molecule has 1 aliphatic rings. The lowest BCUT2D eigenvalue weighted by atomic mass is 10.2. The van der Waals surface area contributed by atoms with Crippen LogP contribution in [0.15, 0.2) is 24.3 Å². The maximum Gasteiger partial charge on any atom is 0.161 e. The Kier molecular flexibility index (Phi) is 4.44. The minimum absolute atomic E-state index is 0.0776. The number of fused-ring (bicyclic) bond motifs is 1. The molecular weight excluding hydrogens is 228 g/mol. The van der Waals surface area contributed by atoms with Crippen molar-refractivity contribution < 1.29 is 9.47 Å². The van der Waals surface area contributed by atoms with Crippen LogP contribution in [-0.2, 0) is 0 Å². The van der Waals surface area contributed by atoms with Gasteiger partial charge in [-0.15, -0.1) is 0 Å². The number of para-hydroxylation sites is 2. The molecule has 0 fully saturated rings. The van der Waals surface area contributed by atoms with Crippen LogP contribution >= 0.6 is 0 Å². The normalized spacial score (nSPS) is 18.4. The smallest absolute Gasteiger partial charge is 0.161 e. The summed E-state index contributed by atoms with van der Waals surface area (Å²) in [6.07, 6.45) is 0.0776. The number of benzene rings is 1. The van der Waals surface area contributed by atoms with Gasteiger partial charge in [0.05, 0.1) is 0 Å². The standard InChI is InChI=1S/C14H22N2O2/c1-11(2)16(8-7-15)9-12-10-17-13-5-3-4-6-14(13)18-12/h3-6,11-12H,7-10,15H2,1-2H3/t12-/m0/s1. The van der Waals surface area contributed by atoms with Crippen LogP contribution in [0, 0.1) is 0 Å². The Bertz CT molecular complexity index is 382. The number of hydrogen-bond donors (Lipinski definition) is 1. The zero-order valence-corrected chi connectivity index (χ0v) is 11.1. The second-order valence-electron chi connectivity index (χ2n) is 4.87. The molecule has 2 N–H and O–H groups in total. The van der Waals surface area contributed by atoms with E-state index in [1.807, 2.05) is 24.3 Å². The van der Waals surface area contributed by atoms with Crippen LogP contribution in [0.3, 0.4) is 0 Å². The lowest BCUT2D eigenvalue weighted by molar-refractivity contribution is 0.0507. The fraction of sp³-hybridized carbons (Fsp3) is 0.571. The minimum Gasteiger partial charge on any atom is -0.486 e. The molecular formula is C14H22N2O2. The van der Waals surface area contributed by atoms with Gasteiger partial charge in [-0.3, -0.25) is 4.90 Å². The van der Waals surface area contributed by atoms with Gasteiger partial charge in [0, 0.05) is 25.7 Å². The monoisotopic (exact) mass is 250 g/mol. The molecule has 0 amide bonds. The van der Waals surface area contributed by atoms with E-state index in [0.29, 0.717) is 19.2 Å². The highest BCUT2D eigenvalue weighted by Gasteiger charge is 2.23. The zero-order chi connectivity index (χ0) is 13.0. The zero-order valence-electron chi connectivity index (χ0n) is 11.1. The summed E-state index contributed by atoms with van der Waals surface area (Å²) in [5.74, 6) is 1.67. The van der Waals surface area contributed by atoms with Crippen molar-refractivity contribution in [1.82, 2.24) is 4.90 Å². The van der Waals surface area contributed by atoms with Crippen molar-refractivity contribution in [2.45, 2.75) is 26.0 Å². The van der Waals surface area contributed by atoms with Crippen molar-refractivity contribution >= 4 is 0 Å². The summed E-state index contributed by atoms with van der Waals surface area (Å²) in [5, 5.41) is 0. The van der Waals surface area contributed by atoms with E-state index < -0.39 is 0 Å². The predicted octanol–water partition coefficient (Wildman–Crippen LogP) is 1.50. The van der Waals surface area contributed by atoms with Gasteiger partial charge in [-0.25, -0.2) is 0 Å². The number of ether oxygens (including phenoxy) is 2. The molecule has 1 atom stereocenters. The number of rotatable bonds is 5. The van der Waals surface area contributed by atoms with Gasteiger partial charge in [-0.1, -0.05) is 12.1 Å². The molecule has 0 spiro atoms. The van der Waals surface area contributed by atoms with Crippen molar-refractivity contribution in [2.75, 3.05) is 26.2 Å². The van der Waals surface area contributed by atoms with E-state index in [1.54, 1.807) is 0 Å². The summed E-state index contributed by atoms with van der Waals surface area (Å²) in [6.45, 7) is 7.36. The van der Waals surface area contributed by atoms with E-state index in [-0.39, 0.29) is 6.10 Å². The van der Waals surface area contributed by atoms with Gasteiger partial charge in [-0.2, -0.15) is 0 Å². The first-order chi connectivity index (χ1) is 8.70. The third-order valence-electron chi connectivity index (χ3n) is 3.15. The highest BCUT2D eigenvalue weighted by atomic mass is 16.6. The molecule has 0 aliphatic carbocycles. The average Bonchev–Trinajstić information content (AvgIpc) is 2.38. The van der Waals surface area contributed by atoms with Crippen molar-refractivity contribution in [3.05, 3.63) is 24.3 Å². The van der Waals surface area contributed by atoms with E-state index >= 15 is 0 Å². The molecule has 100 valence electrons. The van der Waals surface area contributed by atoms with Crippen LogP contribution in [-0.4, -0.2) is 43.3 Å². The van der Waals surface area contributed by atoms with Crippen LogP contribution < -0.4 is 15.2 Å². The summed E-state index contributed by atoms with van der Waals surface area (Å²) < 4.78 is 11.7. The minimum atomic E-state index is 0.0776. The summed E-state index contributed by atoms with van der Waals surface area (Å²) >= 11 is 0. The van der Waals surface area contributed by atoms with Crippen LogP contribution in [0.1, 0.15) is 13.8 Å². The van der Waals surface area contributed by atoms with Crippen molar-refractivity contribution in [2.24, 2.45) is 5.73 Å². The maximum absolute atomic E-state index is 5.95. The molecule has 0 aromatic heterocycles. The number of nitrogens with zero attached hydrogens (tertiary/aromatic N) is 1. The third-order valence-corrected chi connectivity index (χ3v) is 3.15. The lowest BCUT2D eigenvalue weighted by Crippen LogP contribution is -2.45. The fourth-order valence-corrected chi connectivity index (χ4v) is 2.14. The quantitative estimate of drug-likeness (QED) is 0.860. The molecule has 18 heavy (non-hydrogen) atoms. The van der Waals surface area contributed by atoms with Crippen LogP contribution in [0.5, 0.6) is 11.5 Å². The van der Waals surface area contributed by atoms with E-state index in [0.717, 1.165) is 24.6 Å². The van der Waals surface area contributed by atoms with Gasteiger partial charge in [0.25, 0.3) is 0 Å². The first-order valence-electron chi connectivity index (χ1n) is 6.53. The first kappa shape index (κ1) is 13.2. The van der Waals surface area contributed by atoms with Gasteiger partial charge in [0.15, 0.2) is 11.5 Å². The fourth-order valence-electron chi connectivity index (χ4n) is 2.14. The molecule has 1 aromatic rings. The van der Waals surface area contributed by atoms with Crippen LogP contribution in [0.2, 0.25) is 0 Å². The molecule has 0 radical (unpaired) electrons. The summed E-state index contributed by atoms with van der Waals surface area (Å²) in [5.41, 5.74) is 5.64. The highest BCUT2D eigenvalue weighted by molar-refractivity contribution is 5.40. The molecule has 1 heterocycles. The van der Waals surface area contributed by atoms with E-state index in [1.165, 1.54) is 0 Å². The van der Waals surface area contributed by atoms with E-state index in [4.69, 9.17) is 15.2 Å². The van der Waals surface area contributed by atoms with Gasteiger partial charge >= 0.3 is 0 Å². The molecule has 0 bridgehead atoms. The Morgan fingerprint density at radius 2 is 2.06 bits per heavy atom. The third kappa shape index (κ3) is 3.15. The van der Waals surface area contributed by atoms with Crippen molar-refractivity contribution in [3.63, 3.8) is 0 Å². The molecule has 0 unspecified atom stereocenters. The van der Waals surface area contributed by atoms with Crippen LogP contribution in [0.25, 0.3) is 0 Å². The predicted molar refractivity (Wildman–Crippen MR) is 72.1 cm³/mol.